The fourth-order valence-electron chi connectivity index (χ4n) is 4.39. The predicted octanol–water partition coefficient (Wildman–Crippen LogP) is 4.12. The summed E-state index contributed by atoms with van der Waals surface area (Å²) in [5, 5.41) is 3.00. The minimum absolute atomic E-state index is 0.0944. The Bertz CT molecular complexity index is 1050. The fraction of sp³-hybridized carbons (Fsp3) is 0.500. The number of carbonyl (C=O) groups excluding carboxylic acids is 1. The first-order valence-electron chi connectivity index (χ1n) is 11.8. The van der Waals surface area contributed by atoms with Crippen LogP contribution < -0.4 is 9.62 Å². The smallest absolute Gasteiger partial charge is 0.251 e. The van der Waals surface area contributed by atoms with Gasteiger partial charge in [0.15, 0.2) is 0 Å². The minimum atomic E-state index is -3.46. The number of piperidine rings is 1. The van der Waals surface area contributed by atoms with Gasteiger partial charge in [-0.15, -0.1) is 0 Å². The van der Waals surface area contributed by atoms with Crippen molar-refractivity contribution in [2.24, 2.45) is 5.92 Å². The maximum absolute atomic E-state index is 12.5. The van der Waals surface area contributed by atoms with Gasteiger partial charge in [0.2, 0.25) is 10.0 Å². The maximum Gasteiger partial charge on any atom is 0.251 e. The third-order valence-electron chi connectivity index (χ3n) is 6.25. The lowest BCUT2D eigenvalue weighted by molar-refractivity contribution is 0.0950. The van der Waals surface area contributed by atoms with Crippen LogP contribution in [0.25, 0.3) is 0 Å². The lowest BCUT2D eigenvalue weighted by atomic mass is 10.0. The SMILES string of the molecule is Cc1ccc(C)c(N(Cc2ccc(C(=O)NCCCN3CCC[C@H](C)C3)cc2)S(C)(=O)=O)c1. The molecule has 0 aliphatic carbocycles. The molecule has 0 radical (unpaired) electrons. The Balaban J connectivity index is 1.57. The Labute approximate surface area is 199 Å². The molecule has 33 heavy (non-hydrogen) atoms. The number of sulfonamides is 1. The zero-order valence-corrected chi connectivity index (χ0v) is 21.1. The van der Waals surface area contributed by atoms with Crippen LogP contribution in [0, 0.1) is 19.8 Å². The number of anilines is 1. The van der Waals surface area contributed by atoms with Crippen LogP contribution in [0.3, 0.4) is 0 Å². The van der Waals surface area contributed by atoms with Gasteiger partial charge in [-0.2, -0.15) is 0 Å². The molecule has 1 N–H and O–H groups in total. The van der Waals surface area contributed by atoms with E-state index in [0.717, 1.165) is 48.7 Å². The number of nitrogens with zero attached hydrogens (tertiary/aromatic N) is 2. The van der Waals surface area contributed by atoms with Crippen LogP contribution in [-0.4, -0.2) is 51.7 Å². The van der Waals surface area contributed by atoms with Gasteiger partial charge in [-0.25, -0.2) is 8.42 Å². The zero-order valence-electron chi connectivity index (χ0n) is 20.3. The van der Waals surface area contributed by atoms with E-state index in [1.807, 2.05) is 44.2 Å². The van der Waals surface area contributed by atoms with Crippen molar-refractivity contribution in [3.8, 4) is 0 Å². The van der Waals surface area contributed by atoms with E-state index < -0.39 is 10.0 Å². The molecule has 1 aliphatic heterocycles. The van der Waals surface area contributed by atoms with Crippen molar-refractivity contribution in [2.75, 3.05) is 36.7 Å². The van der Waals surface area contributed by atoms with E-state index in [1.165, 1.54) is 23.4 Å². The average Bonchev–Trinajstić information content (AvgIpc) is 2.76. The molecular formula is C26H37N3O3S. The van der Waals surface area contributed by atoms with E-state index in [2.05, 4.69) is 17.1 Å². The second-order valence-electron chi connectivity index (χ2n) is 9.41. The van der Waals surface area contributed by atoms with Crippen LogP contribution in [0.5, 0.6) is 0 Å². The van der Waals surface area contributed by atoms with Crippen molar-refractivity contribution >= 4 is 21.6 Å². The average molecular weight is 472 g/mol. The van der Waals surface area contributed by atoms with E-state index in [1.54, 1.807) is 12.1 Å². The van der Waals surface area contributed by atoms with Crippen LogP contribution in [0.2, 0.25) is 0 Å². The minimum Gasteiger partial charge on any atom is -0.352 e. The number of benzene rings is 2. The summed E-state index contributed by atoms with van der Waals surface area (Å²) in [5.74, 6) is 0.670. The van der Waals surface area contributed by atoms with E-state index in [9.17, 15) is 13.2 Å². The van der Waals surface area contributed by atoms with Gasteiger partial charge in [-0.3, -0.25) is 9.10 Å². The highest BCUT2D eigenvalue weighted by Crippen LogP contribution is 2.26. The van der Waals surface area contributed by atoms with Crippen molar-refractivity contribution < 1.29 is 13.2 Å². The van der Waals surface area contributed by atoms with Crippen LogP contribution in [0.15, 0.2) is 42.5 Å². The van der Waals surface area contributed by atoms with Gasteiger partial charge in [0.25, 0.3) is 5.91 Å². The zero-order chi connectivity index (χ0) is 24.0. The Morgan fingerprint density at radius 3 is 2.55 bits per heavy atom. The summed E-state index contributed by atoms with van der Waals surface area (Å²) < 4.78 is 26.4. The summed E-state index contributed by atoms with van der Waals surface area (Å²) in [7, 11) is -3.46. The predicted molar refractivity (Wildman–Crippen MR) is 135 cm³/mol. The highest BCUT2D eigenvalue weighted by molar-refractivity contribution is 7.92. The van der Waals surface area contributed by atoms with Crippen LogP contribution in [0.1, 0.15) is 53.2 Å². The molecule has 1 amide bonds. The van der Waals surface area contributed by atoms with Crippen molar-refractivity contribution in [3.63, 3.8) is 0 Å². The molecule has 1 fully saturated rings. The lowest BCUT2D eigenvalue weighted by Crippen LogP contribution is -2.36. The summed E-state index contributed by atoms with van der Waals surface area (Å²) in [4.78, 5) is 15.0. The summed E-state index contributed by atoms with van der Waals surface area (Å²) >= 11 is 0. The number of rotatable bonds is 9. The number of nitrogens with one attached hydrogen (secondary N) is 1. The quantitative estimate of drug-likeness (QED) is 0.559. The largest absolute Gasteiger partial charge is 0.352 e. The first kappa shape index (κ1) is 25.2. The molecule has 0 unspecified atom stereocenters. The van der Waals surface area contributed by atoms with Crippen molar-refractivity contribution in [1.82, 2.24) is 10.2 Å². The van der Waals surface area contributed by atoms with E-state index in [4.69, 9.17) is 0 Å². The molecule has 1 saturated heterocycles. The first-order chi connectivity index (χ1) is 15.6. The molecule has 2 aromatic rings. The van der Waals surface area contributed by atoms with Crippen molar-refractivity contribution in [1.29, 1.82) is 0 Å². The van der Waals surface area contributed by atoms with Gasteiger partial charge in [-0.05, 0) is 87.0 Å². The Hall–Kier alpha value is -2.38. The van der Waals surface area contributed by atoms with Gasteiger partial charge >= 0.3 is 0 Å². The van der Waals surface area contributed by atoms with Gasteiger partial charge in [0.1, 0.15) is 0 Å². The molecule has 0 aromatic heterocycles. The highest BCUT2D eigenvalue weighted by atomic mass is 32.2. The Morgan fingerprint density at radius 2 is 1.88 bits per heavy atom. The third kappa shape index (κ3) is 7.30. The second-order valence-corrected chi connectivity index (χ2v) is 11.3. The molecule has 1 heterocycles. The van der Waals surface area contributed by atoms with Gasteiger partial charge < -0.3 is 10.2 Å². The van der Waals surface area contributed by atoms with Gasteiger partial charge in [0.05, 0.1) is 18.5 Å². The lowest BCUT2D eigenvalue weighted by Gasteiger charge is -2.30. The van der Waals surface area contributed by atoms with Crippen LogP contribution in [-0.2, 0) is 16.6 Å². The summed E-state index contributed by atoms with van der Waals surface area (Å²) in [6, 6.07) is 13.0. The number of likely N-dealkylation sites (tertiary alicyclic amines) is 1. The first-order valence-corrected chi connectivity index (χ1v) is 13.6. The molecule has 1 atom stereocenters. The van der Waals surface area contributed by atoms with Crippen molar-refractivity contribution in [3.05, 3.63) is 64.7 Å². The van der Waals surface area contributed by atoms with Crippen LogP contribution >= 0.6 is 0 Å². The fourth-order valence-corrected chi connectivity index (χ4v) is 5.33. The van der Waals surface area contributed by atoms with E-state index in [0.29, 0.717) is 17.8 Å². The molecule has 3 rings (SSSR count). The Morgan fingerprint density at radius 1 is 1.15 bits per heavy atom. The van der Waals surface area contributed by atoms with E-state index >= 15 is 0 Å². The molecule has 7 heteroatoms. The monoisotopic (exact) mass is 471 g/mol. The van der Waals surface area contributed by atoms with Crippen LogP contribution in [0.4, 0.5) is 5.69 Å². The molecule has 1 aliphatic rings. The van der Waals surface area contributed by atoms with Crippen molar-refractivity contribution in [2.45, 2.75) is 46.6 Å². The Kier molecular flexibility index (Phi) is 8.54. The van der Waals surface area contributed by atoms with Gasteiger partial charge in [0, 0.05) is 18.7 Å². The number of hydrogen-bond donors (Lipinski definition) is 1. The molecule has 180 valence electrons. The topological polar surface area (TPSA) is 69.7 Å². The number of carbonyl (C=O) groups is 1. The standard InChI is InChI=1S/C26H37N3O3S/c1-20-8-9-22(3)25(17-20)29(33(4,31)32)19-23-10-12-24(13-11-23)26(30)27-14-6-16-28-15-5-7-21(2)18-28/h8-13,17,21H,5-7,14-16,18-19H2,1-4H3,(H,27,30)/t21-/m0/s1. The highest BCUT2D eigenvalue weighted by Gasteiger charge is 2.20. The molecule has 0 spiro atoms. The number of hydrogen-bond acceptors (Lipinski definition) is 4. The molecule has 6 nitrogen and oxygen atoms in total. The second kappa shape index (κ2) is 11.2. The van der Waals surface area contributed by atoms with Gasteiger partial charge in [-0.1, -0.05) is 31.2 Å². The third-order valence-corrected chi connectivity index (χ3v) is 7.38. The van der Waals surface area contributed by atoms with E-state index in [-0.39, 0.29) is 12.5 Å². The maximum atomic E-state index is 12.5. The summed E-state index contributed by atoms with van der Waals surface area (Å²) in [6.07, 6.45) is 4.74. The normalized spacial score (nSPS) is 17.0. The summed E-state index contributed by atoms with van der Waals surface area (Å²) in [6.45, 7) is 10.4. The number of aryl methyl sites for hydroxylation is 2. The molecule has 0 bridgehead atoms. The molecule has 0 saturated carbocycles. The number of amides is 1. The molecule has 2 aromatic carbocycles. The molecular weight excluding hydrogens is 434 g/mol. The summed E-state index contributed by atoms with van der Waals surface area (Å²) in [5.41, 5.74) is 4.01.